The zero-order valence-corrected chi connectivity index (χ0v) is 16.5. The lowest BCUT2D eigenvalue weighted by Crippen LogP contribution is -2.68. The Morgan fingerprint density at radius 2 is 1.96 bits per heavy atom. The Bertz CT molecular complexity index is 791. The Labute approximate surface area is 163 Å². The van der Waals surface area contributed by atoms with Crippen LogP contribution in [0.15, 0.2) is 23.8 Å². The fraction of sp³-hybridized carbons (Fsp3) is 0.727. The Morgan fingerprint density at radius 1 is 1.29 bits per heavy atom. The highest BCUT2D eigenvalue weighted by Gasteiger charge is 2.73. The van der Waals surface area contributed by atoms with Crippen LogP contribution in [-0.2, 0) is 9.59 Å². The Kier molecular flexibility index (Phi) is 4.30. The van der Waals surface area contributed by atoms with Gasteiger partial charge in [0.05, 0.1) is 6.10 Å². The third kappa shape index (κ3) is 2.22. The first kappa shape index (κ1) is 19.9. The number of aliphatic hydroxyl groups excluding tert-OH is 2. The summed E-state index contributed by atoms with van der Waals surface area (Å²) >= 11 is 0. The van der Waals surface area contributed by atoms with Crippen molar-refractivity contribution in [2.45, 2.75) is 58.0 Å². The monoisotopic (exact) mass is 394 g/mol. The van der Waals surface area contributed by atoms with Crippen LogP contribution in [0.3, 0.4) is 0 Å². The van der Waals surface area contributed by atoms with Gasteiger partial charge in [0.1, 0.15) is 12.8 Å². The number of Topliss-reactive ketones (excluding diaryl/α,β-unsaturated/α-hetero) is 1. The molecule has 0 aromatic carbocycles. The van der Waals surface area contributed by atoms with Gasteiger partial charge in [-0.15, -0.1) is 0 Å². The molecule has 3 saturated carbocycles. The molecule has 0 aromatic rings. The smallest absolute Gasteiger partial charge is 0.178 e. The molecule has 28 heavy (non-hydrogen) atoms. The van der Waals surface area contributed by atoms with E-state index >= 15 is 8.78 Å². The van der Waals surface area contributed by atoms with E-state index in [1.807, 2.05) is 13.8 Å². The summed E-state index contributed by atoms with van der Waals surface area (Å²) in [6.07, 6.45) is 1.52. The Morgan fingerprint density at radius 3 is 2.61 bits per heavy atom. The molecule has 0 bridgehead atoms. The Balaban J connectivity index is 1.84. The molecule has 0 aromatic heterocycles. The molecular weight excluding hydrogens is 366 g/mol. The summed E-state index contributed by atoms with van der Waals surface area (Å²) < 4.78 is 32.0. The van der Waals surface area contributed by atoms with Crippen molar-refractivity contribution in [3.8, 4) is 0 Å². The first-order valence-corrected chi connectivity index (χ1v) is 10.1. The number of hydrogen-bond acceptors (Lipinski definition) is 4. The van der Waals surface area contributed by atoms with Crippen molar-refractivity contribution in [2.75, 3.05) is 6.61 Å². The molecule has 2 N–H and O–H groups in total. The molecule has 0 spiro atoms. The lowest BCUT2D eigenvalue weighted by atomic mass is 9.45. The molecule has 9 atom stereocenters. The highest BCUT2D eigenvalue weighted by Crippen LogP contribution is 2.70. The highest BCUT2D eigenvalue weighted by atomic mass is 19.1. The second kappa shape index (κ2) is 6.05. The van der Waals surface area contributed by atoms with Gasteiger partial charge < -0.3 is 10.2 Å². The van der Waals surface area contributed by atoms with Gasteiger partial charge in [0.25, 0.3) is 0 Å². The van der Waals surface area contributed by atoms with Crippen molar-refractivity contribution in [3.05, 3.63) is 23.8 Å². The summed E-state index contributed by atoms with van der Waals surface area (Å²) in [4.78, 5) is 24.3. The number of allylic oxidation sites excluding steroid dienone is 4. The number of ketones is 2. The van der Waals surface area contributed by atoms with E-state index in [1.165, 1.54) is 18.2 Å². The molecule has 0 heterocycles. The molecule has 0 aliphatic heterocycles. The number of carbonyl (C=O) groups excluding carboxylic acids is 2. The normalized spacial score (nSPS) is 52.5. The van der Waals surface area contributed by atoms with Gasteiger partial charge in [0.15, 0.2) is 17.2 Å². The average Bonchev–Trinajstić information content (AvgIpc) is 2.89. The van der Waals surface area contributed by atoms with E-state index in [4.69, 9.17) is 0 Å². The maximum atomic E-state index is 16.8. The van der Waals surface area contributed by atoms with Crippen LogP contribution in [0.1, 0.15) is 40.0 Å². The molecule has 2 unspecified atom stereocenters. The summed E-state index contributed by atoms with van der Waals surface area (Å²) in [7, 11) is 0. The average molecular weight is 394 g/mol. The second-order valence-corrected chi connectivity index (χ2v) is 9.76. The molecule has 0 radical (unpaired) electrons. The minimum Gasteiger partial charge on any atom is -0.390 e. The number of carbonyl (C=O) groups is 2. The van der Waals surface area contributed by atoms with Gasteiger partial charge in [-0.3, -0.25) is 9.59 Å². The molecular formula is C22H28F2O4. The van der Waals surface area contributed by atoms with E-state index in [0.29, 0.717) is 6.42 Å². The largest absolute Gasteiger partial charge is 0.390 e. The second-order valence-electron chi connectivity index (χ2n) is 9.76. The molecule has 4 nitrogen and oxygen atoms in total. The van der Waals surface area contributed by atoms with Gasteiger partial charge >= 0.3 is 0 Å². The van der Waals surface area contributed by atoms with Crippen LogP contribution < -0.4 is 0 Å². The van der Waals surface area contributed by atoms with Gasteiger partial charge in [0.2, 0.25) is 0 Å². The first-order valence-electron chi connectivity index (χ1n) is 10.1. The minimum absolute atomic E-state index is 0.0736. The van der Waals surface area contributed by atoms with Crippen LogP contribution in [0, 0.1) is 34.5 Å². The lowest BCUT2D eigenvalue weighted by Gasteiger charge is -2.62. The van der Waals surface area contributed by atoms with Crippen molar-refractivity contribution in [1.82, 2.24) is 0 Å². The van der Waals surface area contributed by atoms with Crippen molar-refractivity contribution in [3.63, 3.8) is 0 Å². The van der Waals surface area contributed by atoms with Crippen LogP contribution in [0.2, 0.25) is 0 Å². The number of fused-ring (bicyclic) bond motifs is 5. The van der Waals surface area contributed by atoms with E-state index in [9.17, 15) is 19.8 Å². The third-order valence-corrected chi connectivity index (χ3v) is 8.47. The van der Waals surface area contributed by atoms with Crippen LogP contribution in [-0.4, -0.2) is 46.3 Å². The standard InChI is InChI=1S/C22H28F2O4/c1-11-6-13-14-8-16(23)15-7-12(26)4-5-21(15,3)22(14,24)18(28)9-20(13,2)19(11)17(27)10-25/h4-5,7,11,13-14,16,18-19,25,28H,6,8-10H2,1-3H3/t11-,13?,14?,16+,18+,19-,20+,21+,22+/m1/s1. The SMILES string of the molecule is C[C@@H]1CC2C3C[C@H](F)C4=CC(=O)C=C[C@]4(C)[C@@]3(F)[C@@H](O)C[C@]2(C)[C@H]1C(=O)CO. The molecule has 3 fully saturated rings. The maximum Gasteiger partial charge on any atom is 0.178 e. The summed E-state index contributed by atoms with van der Waals surface area (Å²) in [5.41, 5.74) is -4.09. The zero-order chi connectivity index (χ0) is 20.6. The van der Waals surface area contributed by atoms with E-state index < -0.39 is 47.2 Å². The van der Waals surface area contributed by atoms with Gasteiger partial charge in [-0.25, -0.2) is 8.78 Å². The first-order chi connectivity index (χ1) is 13.0. The molecule has 4 aliphatic rings. The van der Waals surface area contributed by atoms with Crippen molar-refractivity contribution in [1.29, 1.82) is 0 Å². The quantitative estimate of drug-likeness (QED) is 0.755. The molecule has 0 amide bonds. The zero-order valence-electron chi connectivity index (χ0n) is 16.5. The molecule has 4 rings (SSSR count). The third-order valence-electron chi connectivity index (χ3n) is 8.47. The lowest BCUT2D eigenvalue weighted by molar-refractivity contribution is -0.202. The van der Waals surface area contributed by atoms with Gasteiger partial charge in [-0.05, 0) is 61.2 Å². The fourth-order valence-corrected chi connectivity index (χ4v) is 7.36. The van der Waals surface area contributed by atoms with Crippen molar-refractivity contribution >= 4 is 11.6 Å². The highest BCUT2D eigenvalue weighted by molar-refractivity contribution is 6.01. The predicted molar refractivity (Wildman–Crippen MR) is 98.8 cm³/mol. The van der Waals surface area contributed by atoms with Crippen LogP contribution in [0.25, 0.3) is 0 Å². The fourth-order valence-electron chi connectivity index (χ4n) is 7.36. The summed E-state index contributed by atoms with van der Waals surface area (Å²) in [5.74, 6) is -2.26. The molecule has 0 saturated heterocycles. The van der Waals surface area contributed by atoms with Gasteiger partial charge in [-0.2, -0.15) is 0 Å². The Hall–Kier alpha value is -1.40. The summed E-state index contributed by atoms with van der Waals surface area (Å²) in [6.45, 7) is 4.78. The van der Waals surface area contributed by atoms with Gasteiger partial charge in [0, 0.05) is 17.3 Å². The van der Waals surface area contributed by atoms with Crippen LogP contribution in [0.4, 0.5) is 8.78 Å². The molecule has 6 heteroatoms. The number of halogens is 2. The predicted octanol–water partition coefficient (Wildman–Crippen LogP) is 2.73. The van der Waals surface area contributed by atoms with E-state index in [0.717, 1.165) is 0 Å². The summed E-state index contributed by atoms with van der Waals surface area (Å²) in [5, 5.41) is 20.5. The molecule has 4 aliphatic carbocycles. The number of aliphatic hydroxyl groups is 2. The minimum atomic E-state index is -2.11. The topological polar surface area (TPSA) is 74.6 Å². The van der Waals surface area contributed by atoms with Crippen LogP contribution in [0.5, 0.6) is 0 Å². The van der Waals surface area contributed by atoms with E-state index in [1.54, 1.807) is 6.92 Å². The van der Waals surface area contributed by atoms with Crippen molar-refractivity contribution < 1.29 is 28.6 Å². The number of alkyl halides is 2. The maximum absolute atomic E-state index is 16.8. The van der Waals surface area contributed by atoms with Crippen molar-refractivity contribution in [2.24, 2.45) is 34.5 Å². The van der Waals surface area contributed by atoms with E-state index in [2.05, 4.69) is 0 Å². The number of rotatable bonds is 2. The summed E-state index contributed by atoms with van der Waals surface area (Å²) in [6, 6.07) is 0. The van der Waals surface area contributed by atoms with Gasteiger partial charge in [-0.1, -0.05) is 19.9 Å². The van der Waals surface area contributed by atoms with Crippen LogP contribution >= 0.6 is 0 Å². The number of hydrogen-bond donors (Lipinski definition) is 2. The molecule has 154 valence electrons. The van der Waals surface area contributed by atoms with E-state index in [-0.39, 0.29) is 41.8 Å².